The Kier molecular flexibility index (Phi) is 6.22. The van der Waals surface area contributed by atoms with E-state index in [4.69, 9.17) is 5.73 Å². The number of hydrogen-bond donors (Lipinski definition) is 2. The molecule has 0 bridgehead atoms. The Bertz CT molecular complexity index is 770. The molecule has 0 aliphatic heterocycles. The van der Waals surface area contributed by atoms with E-state index in [1.807, 2.05) is 26.8 Å². The summed E-state index contributed by atoms with van der Waals surface area (Å²) >= 11 is 4.52. The molecule has 22 heavy (non-hydrogen) atoms. The first-order chi connectivity index (χ1) is 9.79. The highest BCUT2D eigenvalue weighted by atomic mass is 79.9. The third kappa shape index (κ3) is 3.91. The summed E-state index contributed by atoms with van der Waals surface area (Å²) in [6.07, 6.45) is 0. The number of thiazole rings is 1. The van der Waals surface area contributed by atoms with Crippen LogP contribution in [-0.4, -0.2) is 10.5 Å². The van der Waals surface area contributed by atoms with Gasteiger partial charge < -0.3 is 11.1 Å². The van der Waals surface area contributed by atoms with E-state index in [-0.39, 0.29) is 29.7 Å². The van der Waals surface area contributed by atoms with Crippen LogP contribution in [0.3, 0.4) is 0 Å². The topological polar surface area (TPSA) is 77.1 Å². The zero-order valence-electron chi connectivity index (χ0n) is 12.4. The molecule has 5 nitrogen and oxygen atoms in total. The molecule has 0 atom stereocenters. The van der Waals surface area contributed by atoms with Crippen molar-refractivity contribution in [2.45, 2.75) is 27.3 Å². The number of aryl methyl sites for hydroxylation is 2. The van der Waals surface area contributed by atoms with Crippen LogP contribution < -0.4 is 15.9 Å². The molecule has 0 aliphatic carbocycles. The first-order valence-electron chi connectivity index (χ1n) is 6.32. The van der Waals surface area contributed by atoms with Crippen molar-refractivity contribution in [3.05, 3.63) is 42.4 Å². The van der Waals surface area contributed by atoms with Gasteiger partial charge >= 0.3 is 4.87 Å². The molecule has 1 amide bonds. The number of rotatable bonds is 3. The normalized spacial score (nSPS) is 10.2. The van der Waals surface area contributed by atoms with Crippen molar-refractivity contribution in [2.24, 2.45) is 0 Å². The van der Waals surface area contributed by atoms with E-state index in [1.165, 1.54) is 4.57 Å². The van der Waals surface area contributed by atoms with Crippen LogP contribution in [-0.2, 0) is 11.3 Å². The van der Waals surface area contributed by atoms with Gasteiger partial charge in [-0.2, -0.15) is 0 Å². The van der Waals surface area contributed by atoms with E-state index in [2.05, 4.69) is 21.2 Å². The van der Waals surface area contributed by atoms with Gasteiger partial charge in [0.05, 0.1) is 11.4 Å². The highest BCUT2D eigenvalue weighted by Gasteiger charge is 2.13. The van der Waals surface area contributed by atoms with E-state index in [1.54, 1.807) is 6.07 Å². The maximum Gasteiger partial charge on any atom is 0.308 e. The van der Waals surface area contributed by atoms with Crippen molar-refractivity contribution >= 4 is 57.0 Å². The standard InChI is InChI=1S/C14H16BrN3O2S.ClH/c1-7-4-10(15)5-11(13(7)16)17-12(19)6-18-8(2)9(3)21-14(18)20;/h4-5H,6,16H2,1-3H3,(H,17,19);1H. The molecule has 1 heterocycles. The molecule has 120 valence electrons. The monoisotopic (exact) mass is 405 g/mol. The van der Waals surface area contributed by atoms with Crippen molar-refractivity contribution in [1.29, 1.82) is 0 Å². The van der Waals surface area contributed by atoms with Gasteiger partial charge in [0.2, 0.25) is 5.91 Å². The lowest BCUT2D eigenvalue weighted by Gasteiger charge is -2.12. The van der Waals surface area contributed by atoms with Gasteiger partial charge in [0, 0.05) is 15.0 Å². The molecule has 0 saturated carbocycles. The van der Waals surface area contributed by atoms with E-state index >= 15 is 0 Å². The minimum Gasteiger partial charge on any atom is -0.397 e. The Labute approximate surface area is 147 Å². The first-order valence-corrected chi connectivity index (χ1v) is 7.93. The number of nitrogens with one attached hydrogen (secondary N) is 1. The minimum atomic E-state index is -0.276. The molecule has 0 spiro atoms. The molecule has 0 saturated heterocycles. The van der Waals surface area contributed by atoms with Gasteiger partial charge in [-0.05, 0) is 38.5 Å². The maximum atomic E-state index is 12.1. The van der Waals surface area contributed by atoms with Crippen LogP contribution in [0.4, 0.5) is 11.4 Å². The fourth-order valence-electron chi connectivity index (χ4n) is 1.96. The van der Waals surface area contributed by atoms with Crippen LogP contribution in [0, 0.1) is 20.8 Å². The lowest BCUT2D eigenvalue weighted by Crippen LogP contribution is -2.25. The Morgan fingerprint density at radius 2 is 2.00 bits per heavy atom. The third-order valence-corrected chi connectivity index (χ3v) is 4.76. The fourth-order valence-corrected chi connectivity index (χ4v) is 3.36. The molecule has 2 rings (SSSR count). The minimum absolute atomic E-state index is 0. The summed E-state index contributed by atoms with van der Waals surface area (Å²) in [6.45, 7) is 5.55. The molecular weight excluding hydrogens is 390 g/mol. The summed E-state index contributed by atoms with van der Waals surface area (Å²) in [4.78, 5) is 24.7. The number of hydrogen-bond acceptors (Lipinski definition) is 4. The molecule has 1 aromatic carbocycles. The second-order valence-electron chi connectivity index (χ2n) is 4.83. The Hall–Kier alpha value is -1.31. The van der Waals surface area contributed by atoms with Crippen LogP contribution in [0.25, 0.3) is 0 Å². The molecule has 0 aliphatic rings. The van der Waals surface area contributed by atoms with Crippen molar-refractivity contribution in [3.63, 3.8) is 0 Å². The maximum absolute atomic E-state index is 12.1. The van der Waals surface area contributed by atoms with Crippen LogP contribution in [0.15, 0.2) is 21.4 Å². The summed E-state index contributed by atoms with van der Waals surface area (Å²) in [7, 11) is 0. The van der Waals surface area contributed by atoms with E-state index in [0.29, 0.717) is 11.4 Å². The van der Waals surface area contributed by atoms with Crippen LogP contribution in [0.5, 0.6) is 0 Å². The molecule has 2 aromatic rings. The van der Waals surface area contributed by atoms with Gasteiger partial charge in [-0.3, -0.25) is 14.2 Å². The zero-order valence-corrected chi connectivity index (χ0v) is 15.6. The number of carbonyl (C=O) groups is 1. The second kappa shape index (κ2) is 7.30. The highest BCUT2D eigenvalue weighted by Crippen LogP contribution is 2.27. The van der Waals surface area contributed by atoms with Gasteiger partial charge in [-0.15, -0.1) is 12.4 Å². The number of halogens is 2. The number of benzene rings is 1. The van der Waals surface area contributed by atoms with Crippen molar-refractivity contribution in [3.8, 4) is 0 Å². The number of nitrogens with zero attached hydrogens (tertiary/aromatic N) is 1. The summed E-state index contributed by atoms with van der Waals surface area (Å²) in [5.41, 5.74) is 8.72. The van der Waals surface area contributed by atoms with E-state index in [0.717, 1.165) is 31.9 Å². The molecular formula is C14H17BrClN3O2S. The molecule has 0 unspecified atom stereocenters. The Morgan fingerprint density at radius 3 is 2.55 bits per heavy atom. The van der Waals surface area contributed by atoms with Gasteiger partial charge in [0.1, 0.15) is 6.54 Å². The SMILES string of the molecule is Cc1cc(Br)cc(NC(=O)Cn2c(C)c(C)sc2=O)c1N.Cl. The fraction of sp³-hybridized carbons (Fsp3) is 0.286. The number of amides is 1. The predicted molar refractivity (Wildman–Crippen MR) is 97.2 cm³/mol. The smallest absolute Gasteiger partial charge is 0.308 e. The largest absolute Gasteiger partial charge is 0.397 e. The number of anilines is 2. The second-order valence-corrected chi connectivity index (χ2v) is 6.91. The lowest BCUT2D eigenvalue weighted by molar-refractivity contribution is -0.116. The van der Waals surface area contributed by atoms with Crippen LogP contribution in [0.1, 0.15) is 16.1 Å². The van der Waals surface area contributed by atoms with E-state index in [9.17, 15) is 9.59 Å². The molecule has 1 aromatic heterocycles. The zero-order chi connectivity index (χ0) is 15.7. The van der Waals surface area contributed by atoms with Gasteiger partial charge in [0.15, 0.2) is 0 Å². The summed E-state index contributed by atoms with van der Waals surface area (Å²) < 4.78 is 2.31. The Balaban J connectivity index is 0.00000242. The van der Waals surface area contributed by atoms with Crippen LogP contribution in [0.2, 0.25) is 0 Å². The number of nitrogens with two attached hydrogens (primary N) is 1. The van der Waals surface area contributed by atoms with Crippen molar-refractivity contribution in [1.82, 2.24) is 4.57 Å². The average Bonchev–Trinajstić information content (AvgIpc) is 2.62. The van der Waals surface area contributed by atoms with Gasteiger partial charge in [0.25, 0.3) is 0 Å². The third-order valence-electron chi connectivity index (χ3n) is 3.30. The molecule has 0 fully saturated rings. The average molecular weight is 407 g/mol. The number of carbonyl (C=O) groups excluding carboxylic acids is 1. The quantitative estimate of drug-likeness (QED) is 0.768. The van der Waals surface area contributed by atoms with Gasteiger partial charge in [-0.1, -0.05) is 27.3 Å². The van der Waals surface area contributed by atoms with E-state index < -0.39 is 0 Å². The summed E-state index contributed by atoms with van der Waals surface area (Å²) in [6, 6.07) is 3.62. The van der Waals surface area contributed by atoms with Crippen molar-refractivity contribution in [2.75, 3.05) is 11.1 Å². The van der Waals surface area contributed by atoms with Crippen LogP contribution >= 0.6 is 39.7 Å². The number of nitrogen functional groups attached to an aromatic ring is 1. The van der Waals surface area contributed by atoms with Gasteiger partial charge in [-0.25, -0.2) is 0 Å². The first kappa shape index (κ1) is 18.7. The molecule has 0 radical (unpaired) electrons. The molecule has 3 N–H and O–H groups in total. The molecule has 8 heteroatoms. The number of aromatic nitrogens is 1. The Morgan fingerprint density at radius 1 is 1.36 bits per heavy atom. The van der Waals surface area contributed by atoms with Crippen molar-refractivity contribution < 1.29 is 4.79 Å². The summed E-state index contributed by atoms with van der Waals surface area (Å²) in [5.74, 6) is -0.276. The highest BCUT2D eigenvalue weighted by molar-refractivity contribution is 9.10. The predicted octanol–water partition coefficient (Wildman–Crippen LogP) is 3.24. The lowest BCUT2D eigenvalue weighted by atomic mass is 10.1. The summed E-state index contributed by atoms with van der Waals surface area (Å²) in [5, 5.41) is 2.76.